The van der Waals surface area contributed by atoms with Gasteiger partial charge < -0.3 is 5.11 Å². The zero-order chi connectivity index (χ0) is 18.0. The SMILES string of the molecule is CC1=NN(c2ccccc2)C(=O)C1C(=O)Cc1cccc(C(=O)O)c1. The lowest BCUT2D eigenvalue weighted by Crippen LogP contribution is -2.33. The minimum absolute atomic E-state index is 0.0208. The van der Waals surface area contributed by atoms with E-state index in [0.717, 1.165) is 0 Å². The number of hydrogen-bond acceptors (Lipinski definition) is 4. The molecule has 0 fully saturated rings. The number of carboxylic acids is 1. The number of ketones is 1. The average molecular weight is 336 g/mol. The van der Waals surface area contributed by atoms with Gasteiger partial charge in [0.2, 0.25) is 0 Å². The molecule has 6 nitrogen and oxygen atoms in total. The van der Waals surface area contributed by atoms with Crippen molar-refractivity contribution in [3.63, 3.8) is 0 Å². The van der Waals surface area contributed by atoms with E-state index in [1.807, 2.05) is 6.07 Å². The molecule has 0 aromatic heterocycles. The quantitative estimate of drug-likeness (QED) is 0.850. The van der Waals surface area contributed by atoms with E-state index in [1.165, 1.54) is 17.1 Å². The van der Waals surface area contributed by atoms with Gasteiger partial charge in [-0.2, -0.15) is 10.1 Å². The summed E-state index contributed by atoms with van der Waals surface area (Å²) in [6.07, 6.45) is -0.0208. The fourth-order valence-corrected chi connectivity index (χ4v) is 2.81. The van der Waals surface area contributed by atoms with Gasteiger partial charge in [0.05, 0.1) is 17.0 Å². The van der Waals surface area contributed by atoms with Crippen LogP contribution < -0.4 is 5.01 Å². The summed E-state index contributed by atoms with van der Waals surface area (Å²) >= 11 is 0. The normalized spacial score (nSPS) is 16.7. The van der Waals surface area contributed by atoms with Gasteiger partial charge in [-0.3, -0.25) is 9.59 Å². The first-order chi connectivity index (χ1) is 12.0. The summed E-state index contributed by atoms with van der Waals surface area (Å²) in [6.45, 7) is 1.65. The van der Waals surface area contributed by atoms with Crippen molar-refractivity contribution in [1.29, 1.82) is 0 Å². The number of Topliss-reactive ketones (excluding diaryl/α,β-unsaturated/α-hetero) is 1. The number of carbonyl (C=O) groups excluding carboxylic acids is 2. The van der Waals surface area contributed by atoms with Gasteiger partial charge in [-0.1, -0.05) is 30.3 Å². The first kappa shape index (κ1) is 16.6. The molecule has 25 heavy (non-hydrogen) atoms. The highest BCUT2D eigenvalue weighted by Crippen LogP contribution is 2.25. The van der Waals surface area contributed by atoms with E-state index in [2.05, 4.69) is 5.10 Å². The van der Waals surface area contributed by atoms with Crippen molar-refractivity contribution < 1.29 is 19.5 Å². The molecule has 1 aliphatic rings. The molecule has 126 valence electrons. The van der Waals surface area contributed by atoms with Gasteiger partial charge in [-0.15, -0.1) is 0 Å². The van der Waals surface area contributed by atoms with Crippen LogP contribution in [-0.4, -0.2) is 28.5 Å². The van der Waals surface area contributed by atoms with Crippen molar-refractivity contribution in [2.24, 2.45) is 11.0 Å². The summed E-state index contributed by atoms with van der Waals surface area (Å²) in [6, 6.07) is 15.1. The fraction of sp³-hybridized carbons (Fsp3) is 0.158. The Morgan fingerprint density at radius 2 is 1.84 bits per heavy atom. The van der Waals surface area contributed by atoms with Crippen LogP contribution in [0.25, 0.3) is 0 Å². The van der Waals surface area contributed by atoms with Crippen LogP contribution >= 0.6 is 0 Å². The van der Waals surface area contributed by atoms with E-state index in [1.54, 1.807) is 43.3 Å². The number of carboxylic acid groups (broad SMARTS) is 1. The van der Waals surface area contributed by atoms with Crippen LogP contribution in [0.1, 0.15) is 22.8 Å². The molecule has 6 heteroatoms. The van der Waals surface area contributed by atoms with E-state index in [-0.39, 0.29) is 23.7 Å². The summed E-state index contributed by atoms with van der Waals surface area (Å²) in [7, 11) is 0. The van der Waals surface area contributed by atoms with Crippen molar-refractivity contribution in [3.05, 3.63) is 65.7 Å². The van der Waals surface area contributed by atoms with Crippen LogP contribution in [-0.2, 0) is 16.0 Å². The standard InChI is InChI=1S/C19H16N2O4/c1-12-17(18(23)21(20-12)15-8-3-2-4-9-15)16(22)11-13-6-5-7-14(10-13)19(24)25/h2-10,17H,11H2,1H3,(H,24,25). The number of aromatic carboxylic acids is 1. The van der Waals surface area contributed by atoms with Gasteiger partial charge in [0.15, 0.2) is 5.78 Å². The molecule has 2 aromatic rings. The molecule has 2 aromatic carbocycles. The van der Waals surface area contributed by atoms with Crippen LogP contribution in [0.4, 0.5) is 5.69 Å². The largest absolute Gasteiger partial charge is 0.478 e. The third-order valence-electron chi connectivity index (χ3n) is 4.01. The molecular formula is C19H16N2O4. The van der Waals surface area contributed by atoms with Crippen LogP contribution in [0.15, 0.2) is 59.7 Å². The Morgan fingerprint density at radius 1 is 1.12 bits per heavy atom. The number of nitrogens with zero attached hydrogens (tertiary/aromatic N) is 2. The first-order valence-electron chi connectivity index (χ1n) is 7.76. The van der Waals surface area contributed by atoms with Crippen LogP contribution in [0.2, 0.25) is 0 Å². The molecule has 0 saturated carbocycles. The molecule has 1 aliphatic heterocycles. The van der Waals surface area contributed by atoms with Gasteiger partial charge in [-0.05, 0) is 36.8 Å². The number of hydrogen-bond donors (Lipinski definition) is 1. The molecule has 0 bridgehead atoms. The second kappa shape index (κ2) is 6.68. The lowest BCUT2D eigenvalue weighted by molar-refractivity contribution is -0.128. The number of carbonyl (C=O) groups is 3. The molecule has 3 rings (SSSR count). The third kappa shape index (κ3) is 3.33. The molecule has 1 heterocycles. The summed E-state index contributed by atoms with van der Waals surface area (Å²) in [5.74, 6) is -2.68. The molecule has 0 radical (unpaired) electrons. The highest BCUT2D eigenvalue weighted by atomic mass is 16.4. The number of hydrazone groups is 1. The van der Waals surface area contributed by atoms with Gasteiger partial charge >= 0.3 is 5.97 Å². The van der Waals surface area contributed by atoms with E-state index in [0.29, 0.717) is 17.0 Å². The number of amides is 1. The molecule has 0 aliphatic carbocycles. The Balaban J connectivity index is 1.79. The van der Waals surface area contributed by atoms with Gasteiger partial charge in [-0.25, -0.2) is 4.79 Å². The zero-order valence-electron chi connectivity index (χ0n) is 13.5. The second-order valence-electron chi connectivity index (χ2n) is 5.81. The predicted molar refractivity (Wildman–Crippen MR) is 92.6 cm³/mol. The fourth-order valence-electron chi connectivity index (χ4n) is 2.81. The minimum atomic E-state index is -1.06. The maximum Gasteiger partial charge on any atom is 0.335 e. The lowest BCUT2D eigenvalue weighted by atomic mass is 9.93. The molecule has 1 N–H and O–H groups in total. The average Bonchev–Trinajstić information content (AvgIpc) is 2.90. The highest BCUT2D eigenvalue weighted by molar-refractivity contribution is 6.27. The van der Waals surface area contributed by atoms with E-state index < -0.39 is 11.9 Å². The van der Waals surface area contributed by atoms with Gasteiger partial charge in [0.1, 0.15) is 5.92 Å². The Labute approximate surface area is 144 Å². The highest BCUT2D eigenvalue weighted by Gasteiger charge is 2.39. The van der Waals surface area contributed by atoms with Crippen molar-refractivity contribution >= 4 is 29.1 Å². The molecule has 1 unspecified atom stereocenters. The van der Waals surface area contributed by atoms with E-state index in [4.69, 9.17) is 5.11 Å². The third-order valence-corrected chi connectivity index (χ3v) is 4.01. The van der Waals surface area contributed by atoms with E-state index >= 15 is 0 Å². The summed E-state index contributed by atoms with van der Waals surface area (Å²) in [5, 5.41) is 14.5. The monoisotopic (exact) mass is 336 g/mol. The van der Waals surface area contributed by atoms with Crippen molar-refractivity contribution in [2.75, 3.05) is 5.01 Å². The predicted octanol–water partition coefficient (Wildman–Crippen LogP) is 2.54. The Morgan fingerprint density at radius 3 is 2.52 bits per heavy atom. The maximum absolute atomic E-state index is 12.6. The lowest BCUT2D eigenvalue weighted by Gasteiger charge is -2.13. The Kier molecular flexibility index (Phi) is 4.43. The molecule has 1 atom stereocenters. The molecule has 1 amide bonds. The number of para-hydroxylation sites is 1. The van der Waals surface area contributed by atoms with Gasteiger partial charge in [0.25, 0.3) is 5.91 Å². The molecule has 0 saturated heterocycles. The maximum atomic E-state index is 12.6. The summed E-state index contributed by atoms with van der Waals surface area (Å²) < 4.78 is 0. The number of rotatable bonds is 5. The number of benzene rings is 2. The van der Waals surface area contributed by atoms with Crippen LogP contribution in [0, 0.1) is 5.92 Å². The molecular weight excluding hydrogens is 320 g/mol. The molecule has 0 spiro atoms. The van der Waals surface area contributed by atoms with E-state index in [9.17, 15) is 14.4 Å². The summed E-state index contributed by atoms with van der Waals surface area (Å²) in [5.41, 5.74) is 1.71. The van der Waals surface area contributed by atoms with Crippen molar-refractivity contribution in [2.45, 2.75) is 13.3 Å². The topological polar surface area (TPSA) is 87.0 Å². The Hall–Kier alpha value is -3.28. The number of anilines is 1. The smallest absolute Gasteiger partial charge is 0.335 e. The minimum Gasteiger partial charge on any atom is -0.478 e. The second-order valence-corrected chi connectivity index (χ2v) is 5.81. The van der Waals surface area contributed by atoms with Gasteiger partial charge in [0, 0.05) is 6.42 Å². The van der Waals surface area contributed by atoms with Crippen LogP contribution in [0.5, 0.6) is 0 Å². The zero-order valence-corrected chi connectivity index (χ0v) is 13.5. The Bertz CT molecular complexity index is 874. The van der Waals surface area contributed by atoms with Crippen molar-refractivity contribution in [3.8, 4) is 0 Å². The van der Waals surface area contributed by atoms with Crippen molar-refractivity contribution in [1.82, 2.24) is 0 Å². The van der Waals surface area contributed by atoms with Crippen LogP contribution in [0.3, 0.4) is 0 Å². The summed E-state index contributed by atoms with van der Waals surface area (Å²) in [4.78, 5) is 36.3. The first-order valence-corrected chi connectivity index (χ1v) is 7.76.